The number of anilines is 1. The molecule has 3 N–H and O–H groups in total. The summed E-state index contributed by atoms with van der Waals surface area (Å²) in [6.07, 6.45) is 2.52. The maximum atomic E-state index is 13.4. The van der Waals surface area contributed by atoms with Crippen molar-refractivity contribution in [1.82, 2.24) is 10.3 Å². The molecular formula is C16H16FN3OS. The molecule has 4 nitrogen and oxygen atoms in total. The van der Waals surface area contributed by atoms with Crippen LogP contribution >= 0.6 is 11.8 Å². The van der Waals surface area contributed by atoms with Crippen molar-refractivity contribution >= 4 is 23.4 Å². The first-order valence-electron chi connectivity index (χ1n) is 7.04. The predicted octanol–water partition coefficient (Wildman–Crippen LogP) is 2.70. The van der Waals surface area contributed by atoms with Gasteiger partial charge in [0.2, 0.25) is 5.91 Å². The van der Waals surface area contributed by atoms with Crippen molar-refractivity contribution in [3.05, 3.63) is 53.6 Å². The zero-order valence-corrected chi connectivity index (χ0v) is 12.7. The number of nitrogen functional groups attached to an aromatic ring is 1. The van der Waals surface area contributed by atoms with E-state index in [2.05, 4.69) is 10.3 Å². The lowest BCUT2D eigenvalue weighted by Gasteiger charge is -2.26. The summed E-state index contributed by atoms with van der Waals surface area (Å²) in [6, 6.07) is 8.04. The molecule has 0 saturated heterocycles. The van der Waals surface area contributed by atoms with Crippen LogP contribution in [0, 0.1) is 5.82 Å². The minimum atomic E-state index is -0.277. The quantitative estimate of drug-likeness (QED) is 0.913. The highest BCUT2D eigenvalue weighted by molar-refractivity contribution is 7.99. The van der Waals surface area contributed by atoms with Gasteiger partial charge in [0.1, 0.15) is 5.82 Å². The molecule has 1 aliphatic heterocycles. The summed E-state index contributed by atoms with van der Waals surface area (Å²) in [5, 5.41) is 2.98. The largest absolute Gasteiger partial charge is 0.397 e. The number of nitrogens with two attached hydrogens (primary N) is 1. The smallest absolute Gasteiger partial charge is 0.226 e. The van der Waals surface area contributed by atoms with Gasteiger partial charge in [-0.05, 0) is 42.3 Å². The zero-order valence-electron chi connectivity index (χ0n) is 11.9. The Morgan fingerprint density at radius 2 is 2.27 bits per heavy atom. The van der Waals surface area contributed by atoms with E-state index >= 15 is 0 Å². The fourth-order valence-corrected chi connectivity index (χ4v) is 3.57. The van der Waals surface area contributed by atoms with E-state index in [0.29, 0.717) is 11.4 Å². The number of carbonyl (C=O) groups is 1. The molecule has 1 unspecified atom stereocenters. The number of halogens is 1. The van der Waals surface area contributed by atoms with Crippen molar-refractivity contribution < 1.29 is 9.18 Å². The maximum Gasteiger partial charge on any atom is 0.226 e. The molecule has 1 amide bonds. The molecule has 2 heterocycles. The van der Waals surface area contributed by atoms with Gasteiger partial charge in [0.15, 0.2) is 0 Å². The Bertz CT molecular complexity index is 690. The average molecular weight is 317 g/mol. The third-order valence-corrected chi connectivity index (χ3v) is 4.66. The van der Waals surface area contributed by atoms with E-state index in [4.69, 9.17) is 5.73 Å². The van der Waals surface area contributed by atoms with Crippen molar-refractivity contribution in [3.8, 4) is 0 Å². The third kappa shape index (κ3) is 3.39. The van der Waals surface area contributed by atoms with Gasteiger partial charge in [-0.2, -0.15) is 0 Å². The maximum absolute atomic E-state index is 13.4. The summed E-state index contributed by atoms with van der Waals surface area (Å²) in [4.78, 5) is 17.3. The lowest BCUT2D eigenvalue weighted by atomic mass is 10.0. The number of hydrogen-bond donors (Lipinski definition) is 2. The van der Waals surface area contributed by atoms with Gasteiger partial charge in [0.05, 0.1) is 24.3 Å². The van der Waals surface area contributed by atoms with Crippen molar-refractivity contribution in [2.45, 2.75) is 23.8 Å². The molecule has 2 aromatic rings. The van der Waals surface area contributed by atoms with Crippen LogP contribution in [0.2, 0.25) is 0 Å². The number of amides is 1. The van der Waals surface area contributed by atoms with Crippen molar-refractivity contribution in [3.63, 3.8) is 0 Å². The highest BCUT2D eigenvalue weighted by Gasteiger charge is 2.23. The van der Waals surface area contributed by atoms with Crippen LogP contribution in [0.1, 0.15) is 23.7 Å². The first-order valence-corrected chi connectivity index (χ1v) is 8.02. The zero-order chi connectivity index (χ0) is 15.5. The van der Waals surface area contributed by atoms with Crippen LogP contribution in [0.25, 0.3) is 0 Å². The number of hydrogen-bond acceptors (Lipinski definition) is 4. The summed E-state index contributed by atoms with van der Waals surface area (Å²) in [5.74, 6) is 0.508. The second-order valence-corrected chi connectivity index (χ2v) is 6.34. The SMILES string of the molecule is Nc1ccc(CC(=O)NC2CCSc3ccc(F)cc32)nc1. The van der Waals surface area contributed by atoms with E-state index in [1.165, 1.54) is 18.3 Å². The number of nitrogens with zero attached hydrogens (tertiary/aromatic N) is 1. The number of nitrogens with one attached hydrogen (secondary N) is 1. The number of benzene rings is 1. The number of aromatic nitrogens is 1. The van der Waals surface area contributed by atoms with E-state index < -0.39 is 0 Å². The van der Waals surface area contributed by atoms with Crippen LogP contribution in [-0.2, 0) is 11.2 Å². The Morgan fingerprint density at radius 3 is 3.05 bits per heavy atom. The van der Waals surface area contributed by atoms with E-state index in [0.717, 1.165) is 22.6 Å². The summed E-state index contributed by atoms with van der Waals surface area (Å²) in [6.45, 7) is 0. The van der Waals surface area contributed by atoms with Gasteiger partial charge in [0.25, 0.3) is 0 Å². The fraction of sp³-hybridized carbons (Fsp3) is 0.250. The molecule has 0 aliphatic carbocycles. The second-order valence-electron chi connectivity index (χ2n) is 5.20. The summed E-state index contributed by atoms with van der Waals surface area (Å²) < 4.78 is 13.4. The average Bonchev–Trinajstić information content (AvgIpc) is 2.50. The monoisotopic (exact) mass is 317 g/mol. The van der Waals surface area contributed by atoms with Gasteiger partial charge in [-0.3, -0.25) is 9.78 Å². The topological polar surface area (TPSA) is 68.0 Å². The Balaban J connectivity index is 1.70. The van der Waals surface area contributed by atoms with Gasteiger partial charge >= 0.3 is 0 Å². The summed E-state index contributed by atoms with van der Waals surface area (Å²) >= 11 is 1.69. The van der Waals surface area contributed by atoms with Crippen LogP contribution in [0.5, 0.6) is 0 Å². The molecule has 1 aromatic heterocycles. The summed E-state index contributed by atoms with van der Waals surface area (Å²) in [7, 11) is 0. The number of carbonyl (C=O) groups excluding carboxylic acids is 1. The van der Waals surface area contributed by atoms with Crippen molar-refractivity contribution in [2.24, 2.45) is 0 Å². The molecule has 0 spiro atoms. The normalized spacial score (nSPS) is 16.9. The number of thioether (sulfide) groups is 1. The fourth-order valence-electron chi connectivity index (χ4n) is 2.47. The molecule has 1 atom stereocenters. The minimum absolute atomic E-state index is 0.121. The van der Waals surface area contributed by atoms with Gasteiger partial charge in [-0.15, -0.1) is 11.8 Å². The number of pyridine rings is 1. The van der Waals surface area contributed by atoms with E-state index in [1.807, 2.05) is 0 Å². The van der Waals surface area contributed by atoms with Crippen LogP contribution in [0.15, 0.2) is 41.4 Å². The molecule has 0 saturated carbocycles. The van der Waals surface area contributed by atoms with Crippen LogP contribution in [0.3, 0.4) is 0 Å². The first kappa shape index (κ1) is 14.8. The molecule has 22 heavy (non-hydrogen) atoms. The molecule has 0 radical (unpaired) electrons. The van der Waals surface area contributed by atoms with E-state index in [1.54, 1.807) is 30.0 Å². The van der Waals surface area contributed by atoms with Crippen LogP contribution in [-0.4, -0.2) is 16.6 Å². The Labute approximate surface area is 132 Å². The minimum Gasteiger partial charge on any atom is -0.397 e. The molecule has 1 aliphatic rings. The molecule has 1 aromatic carbocycles. The van der Waals surface area contributed by atoms with Gasteiger partial charge in [-0.25, -0.2) is 4.39 Å². The van der Waals surface area contributed by atoms with Crippen LogP contribution < -0.4 is 11.1 Å². The van der Waals surface area contributed by atoms with Gasteiger partial charge in [-0.1, -0.05) is 0 Å². The molecular weight excluding hydrogens is 301 g/mol. The number of rotatable bonds is 3. The van der Waals surface area contributed by atoms with Crippen LogP contribution in [0.4, 0.5) is 10.1 Å². The lowest BCUT2D eigenvalue weighted by molar-refractivity contribution is -0.121. The summed E-state index contributed by atoms with van der Waals surface area (Å²) in [5.41, 5.74) is 7.66. The third-order valence-electron chi connectivity index (χ3n) is 3.54. The standard InChI is InChI=1S/C16H16FN3OS/c17-10-1-4-15-13(7-10)14(5-6-22-15)20-16(21)8-12-3-2-11(18)9-19-12/h1-4,7,9,14H,5-6,8,18H2,(H,20,21). The Hall–Kier alpha value is -2.08. The Kier molecular flexibility index (Phi) is 4.29. The second kappa shape index (κ2) is 6.36. The highest BCUT2D eigenvalue weighted by atomic mass is 32.2. The predicted molar refractivity (Wildman–Crippen MR) is 85.0 cm³/mol. The lowest BCUT2D eigenvalue weighted by Crippen LogP contribution is -2.32. The molecule has 6 heteroatoms. The van der Waals surface area contributed by atoms with E-state index in [9.17, 15) is 9.18 Å². The molecule has 3 rings (SSSR count). The highest BCUT2D eigenvalue weighted by Crippen LogP contribution is 2.36. The molecule has 0 fully saturated rings. The first-order chi connectivity index (χ1) is 10.6. The van der Waals surface area contributed by atoms with Gasteiger partial charge < -0.3 is 11.1 Å². The van der Waals surface area contributed by atoms with Crippen molar-refractivity contribution in [2.75, 3.05) is 11.5 Å². The van der Waals surface area contributed by atoms with E-state index in [-0.39, 0.29) is 24.2 Å². The Morgan fingerprint density at radius 1 is 1.41 bits per heavy atom. The van der Waals surface area contributed by atoms with Gasteiger partial charge in [0, 0.05) is 16.3 Å². The molecule has 0 bridgehead atoms. The van der Waals surface area contributed by atoms with Crippen molar-refractivity contribution in [1.29, 1.82) is 0 Å². The number of fused-ring (bicyclic) bond motifs is 1. The molecule has 114 valence electrons.